The lowest BCUT2D eigenvalue weighted by molar-refractivity contribution is -0.112. The van der Waals surface area contributed by atoms with Gasteiger partial charge in [0.1, 0.15) is 17.5 Å². The highest BCUT2D eigenvalue weighted by Gasteiger charge is 2.24. The van der Waals surface area contributed by atoms with Crippen molar-refractivity contribution in [3.63, 3.8) is 0 Å². The number of rotatable bonds is 2. The molecule has 1 amide bonds. The first-order valence-electron chi connectivity index (χ1n) is 6.76. The topological polar surface area (TPSA) is 91.3 Å². The van der Waals surface area contributed by atoms with Gasteiger partial charge < -0.3 is 11.1 Å². The number of fused-ring (bicyclic) bond motifs is 1. The summed E-state index contributed by atoms with van der Waals surface area (Å²) < 4.78 is 0. The quantitative estimate of drug-likeness (QED) is 0.657. The lowest BCUT2D eigenvalue weighted by Crippen LogP contribution is -2.15. The predicted octanol–water partition coefficient (Wildman–Crippen LogP) is 2.93. The Kier molecular flexibility index (Phi) is 3.83. The highest BCUT2D eigenvalue weighted by Crippen LogP contribution is 2.30. The standard InChI is InChI=1S/C17H11ClN4O/c18-13-7-3-4-8-14(13)21-17(23)12(9-19)15-10-5-1-2-6-11(10)16(20)22-15/h1-8H,(H2,20,22)(H,21,23). The molecule has 0 aliphatic carbocycles. The van der Waals surface area contributed by atoms with Gasteiger partial charge in [-0.05, 0) is 12.1 Å². The van der Waals surface area contributed by atoms with Gasteiger partial charge in [-0.15, -0.1) is 0 Å². The molecule has 1 heterocycles. The van der Waals surface area contributed by atoms with Gasteiger partial charge in [0.15, 0.2) is 0 Å². The van der Waals surface area contributed by atoms with Crippen molar-refractivity contribution in [2.24, 2.45) is 10.7 Å². The maximum absolute atomic E-state index is 12.4. The van der Waals surface area contributed by atoms with E-state index in [1.165, 1.54) is 0 Å². The van der Waals surface area contributed by atoms with Crippen LogP contribution >= 0.6 is 11.6 Å². The van der Waals surface area contributed by atoms with Crippen LogP contribution in [0.5, 0.6) is 0 Å². The smallest absolute Gasteiger partial charge is 0.268 e. The fraction of sp³-hybridized carbons (Fsp3) is 0. The van der Waals surface area contributed by atoms with Gasteiger partial charge in [-0.1, -0.05) is 48.0 Å². The number of nitriles is 1. The zero-order valence-electron chi connectivity index (χ0n) is 11.9. The van der Waals surface area contributed by atoms with Crippen LogP contribution in [0, 0.1) is 11.3 Å². The third kappa shape index (κ3) is 2.68. The second kappa shape index (κ2) is 5.95. The molecule has 0 aromatic heterocycles. The molecule has 0 bridgehead atoms. The highest BCUT2D eigenvalue weighted by molar-refractivity contribution is 6.34. The van der Waals surface area contributed by atoms with Gasteiger partial charge in [-0.25, -0.2) is 4.99 Å². The highest BCUT2D eigenvalue weighted by atomic mass is 35.5. The molecule has 5 nitrogen and oxygen atoms in total. The summed E-state index contributed by atoms with van der Waals surface area (Å²) in [6.45, 7) is 0. The Bertz CT molecular complexity index is 909. The van der Waals surface area contributed by atoms with E-state index in [2.05, 4.69) is 10.3 Å². The number of carbonyl (C=O) groups is 1. The van der Waals surface area contributed by atoms with Crippen LogP contribution in [-0.2, 0) is 4.79 Å². The summed E-state index contributed by atoms with van der Waals surface area (Å²) >= 11 is 6.02. The maximum Gasteiger partial charge on any atom is 0.268 e. The summed E-state index contributed by atoms with van der Waals surface area (Å²) in [5.41, 5.74) is 7.81. The van der Waals surface area contributed by atoms with Gasteiger partial charge >= 0.3 is 0 Å². The zero-order valence-corrected chi connectivity index (χ0v) is 12.6. The number of amidine groups is 1. The molecule has 1 aliphatic heterocycles. The molecule has 0 radical (unpaired) electrons. The van der Waals surface area contributed by atoms with Crippen molar-refractivity contribution in [3.8, 4) is 6.07 Å². The molecule has 0 spiro atoms. The van der Waals surface area contributed by atoms with E-state index >= 15 is 0 Å². The molecule has 3 N–H and O–H groups in total. The minimum atomic E-state index is -0.580. The molecule has 2 aromatic rings. The van der Waals surface area contributed by atoms with E-state index in [9.17, 15) is 10.1 Å². The summed E-state index contributed by atoms with van der Waals surface area (Å²) in [7, 11) is 0. The number of hydrogen-bond donors (Lipinski definition) is 2. The van der Waals surface area contributed by atoms with Crippen LogP contribution in [0.2, 0.25) is 5.02 Å². The average Bonchev–Trinajstić information content (AvgIpc) is 2.88. The van der Waals surface area contributed by atoms with E-state index < -0.39 is 5.91 Å². The molecule has 6 heteroatoms. The van der Waals surface area contributed by atoms with Crippen LogP contribution in [-0.4, -0.2) is 11.7 Å². The minimum absolute atomic E-state index is 0.113. The van der Waals surface area contributed by atoms with E-state index in [0.29, 0.717) is 21.8 Å². The molecule has 2 aromatic carbocycles. The Labute approximate surface area is 137 Å². The first kappa shape index (κ1) is 14.8. The molecule has 0 fully saturated rings. The molecular weight excluding hydrogens is 312 g/mol. The van der Waals surface area contributed by atoms with E-state index in [1.807, 2.05) is 12.1 Å². The molecule has 0 saturated carbocycles. The van der Waals surface area contributed by atoms with Crippen LogP contribution in [0.1, 0.15) is 11.1 Å². The normalized spacial score (nSPS) is 14.5. The number of benzene rings is 2. The van der Waals surface area contributed by atoms with E-state index in [1.54, 1.807) is 42.5 Å². The number of nitrogens with two attached hydrogens (primary N) is 1. The van der Waals surface area contributed by atoms with Crippen LogP contribution in [0.15, 0.2) is 59.1 Å². The lowest BCUT2D eigenvalue weighted by atomic mass is 10.0. The minimum Gasteiger partial charge on any atom is -0.383 e. The van der Waals surface area contributed by atoms with E-state index in [4.69, 9.17) is 17.3 Å². The number of anilines is 1. The summed E-state index contributed by atoms with van der Waals surface area (Å²) in [4.78, 5) is 16.6. The van der Waals surface area contributed by atoms with Crippen LogP contribution in [0.25, 0.3) is 5.70 Å². The zero-order chi connectivity index (χ0) is 16.4. The van der Waals surface area contributed by atoms with Gasteiger partial charge in [0.25, 0.3) is 5.91 Å². The number of aliphatic imine (C=N–C) groups is 1. The molecule has 3 rings (SSSR count). The lowest BCUT2D eigenvalue weighted by Gasteiger charge is -2.07. The number of nitrogens with one attached hydrogen (secondary N) is 1. The summed E-state index contributed by atoms with van der Waals surface area (Å²) in [5, 5.41) is 12.4. The third-order valence-electron chi connectivity index (χ3n) is 3.39. The van der Waals surface area contributed by atoms with Gasteiger partial charge in [0.2, 0.25) is 0 Å². The molecule has 1 aliphatic rings. The third-order valence-corrected chi connectivity index (χ3v) is 3.72. The Morgan fingerprint density at radius 3 is 2.48 bits per heavy atom. The summed E-state index contributed by atoms with van der Waals surface area (Å²) in [6.07, 6.45) is 0. The number of nitrogens with zero attached hydrogens (tertiary/aromatic N) is 2. The number of carbonyl (C=O) groups excluding carboxylic acids is 1. The van der Waals surface area contributed by atoms with Crippen molar-refractivity contribution in [2.75, 3.05) is 5.32 Å². The molecule has 0 unspecified atom stereocenters. The predicted molar refractivity (Wildman–Crippen MR) is 89.8 cm³/mol. The maximum atomic E-state index is 12.4. The van der Waals surface area contributed by atoms with Gasteiger partial charge in [-0.3, -0.25) is 4.79 Å². The molecule has 0 saturated heterocycles. The number of amides is 1. The monoisotopic (exact) mass is 322 g/mol. The SMILES string of the molecule is N#CC(C(=O)Nc1ccccc1Cl)=C1N=C(N)c2ccccc21. The van der Waals surface area contributed by atoms with Gasteiger partial charge in [0, 0.05) is 11.1 Å². The largest absolute Gasteiger partial charge is 0.383 e. The molecule has 0 atom stereocenters. The Hall–Kier alpha value is -3.10. The van der Waals surface area contributed by atoms with E-state index in [0.717, 1.165) is 0 Å². The van der Waals surface area contributed by atoms with E-state index in [-0.39, 0.29) is 17.1 Å². The Balaban J connectivity index is 2.03. The van der Waals surface area contributed by atoms with Crippen molar-refractivity contribution < 1.29 is 4.79 Å². The van der Waals surface area contributed by atoms with Crippen LogP contribution in [0.3, 0.4) is 0 Å². The molecular formula is C17H11ClN4O. The Morgan fingerprint density at radius 1 is 1.13 bits per heavy atom. The van der Waals surface area contributed by atoms with Crippen LogP contribution < -0.4 is 11.1 Å². The van der Waals surface area contributed by atoms with Gasteiger partial charge in [-0.2, -0.15) is 5.26 Å². The summed E-state index contributed by atoms with van der Waals surface area (Å²) in [6, 6.07) is 15.9. The van der Waals surface area contributed by atoms with Crippen molar-refractivity contribution in [2.45, 2.75) is 0 Å². The molecule has 112 valence electrons. The first-order valence-corrected chi connectivity index (χ1v) is 7.14. The number of halogens is 1. The average molecular weight is 323 g/mol. The number of hydrogen-bond acceptors (Lipinski definition) is 4. The van der Waals surface area contributed by atoms with Crippen LogP contribution in [0.4, 0.5) is 5.69 Å². The van der Waals surface area contributed by atoms with Crippen molar-refractivity contribution >= 4 is 34.7 Å². The van der Waals surface area contributed by atoms with Gasteiger partial charge in [0.05, 0.1) is 16.4 Å². The van der Waals surface area contributed by atoms with Crippen molar-refractivity contribution in [1.82, 2.24) is 0 Å². The fourth-order valence-corrected chi connectivity index (χ4v) is 2.49. The number of para-hydroxylation sites is 1. The summed E-state index contributed by atoms with van der Waals surface area (Å²) in [5.74, 6) is -0.294. The Morgan fingerprint density at radius 2 is 1.78 bits per heavy atom. The second-order valence-corrected chi connectivity index (χ2v) is 5.22. The van der Waals surface area contributed by atoms with Crippen molar-refractivity contribution in [3.05, 3.63) is 70.3 Å². The van der Waals surface area contributed by atoms with Crippen molar-refractivity contribution in [1.29, 1.82) is 5.26 Å². The second-order valence-electron chi connectivity index (χ2n) is 4.81. The fourth-order valence-electron chi connectivity index (χ4n) is 2.30. The molecule has 23 heavy (non-hydrogen) atoms. The first-order chi connectivity index (χ1) is 11.1.